The van der Waals surface area contributed by atoms with E-state index in [4.69, 9.17) is 8.92 Å². The molecule has 0 aromatic heterocycles. The van der Waals surface area contributed by atoms with E-state index in [-0.39, 0.29) is 17.6 Å². The van der Waals surface area contributed by atoms with Gasteiger partial charge in [-0.15, -0.1) is 0 Å². The third-order valence-electron chi connectivity index (χ3n) is 2.75. The van der Waals surface area contributed by atoms with Crippen molar-refractivity contribution in [2.75, 3.05) is 13.2 Å². The molecule has 0 radical (unpaired) electrons. The van der Waals surface area contributed by atoms with Crippen LogP contribution in [0.4, 0.5) is 0 Å². The molecule has 19 heavy (non-hydrogen) atoms. The van der Waals surface area contributed by atoms with Gasteiger partial charge in [0.2, 0.25) is 0 Å². The van der Waals surface area contributed by atoms with Gasteiger partial charge in [-0.05, 0) is 45.7 Å². The molecule has 0 N–H and O–H groups in total. The summed E-state index contributed by atoms with van der Waals surface area (Å²) in [6.45, 7) is 6.68. The first-order chi connectivity index (χ1) is 8.95. The molecule has 1 aromatic rings. The average molecular weight is 286 g/mol. The van der Waals surface area contributed by atoms with E-state index >= 15 is 0 Å². The summed E-state index contributed by atoms with van der Waals surface area (Å²) in [6.07, 6.45) is 1.58. The van der Waals surface area contributed by atoms with E-state index in [1.165, 1.54) is 0 Å². The lowest BCUT2D eigenvalue weighted by atomic mass is 10.2. The van der Waals surface area contributed by atoms with Crippen LogP contribution in [0.2, 0.25) is 0 Å². The van der Waals surface area contributed by atoms with Crippen molar-refractivity contribution in [3.05, 3.63) is 29.8 Å². The first kappa shape index (κ1) is 16.1. The topological polar surface area (TPSA) is 52.6 Å². The van der Waals surface area contributed by atoms with Crippen LogP contribution >= 0.6 is 0 Å². The van der Waals surface area contributed by atoms with Crippen LogP contribution in [0.5, 0.6) is 0 Å². The van der Waals surface area contributed by atoms with Gasteiger partial charge < -0.3 is 4.74 Å². The van der Waals surface area contributed by atoms with Crippen molar-refractivity contribution in [3.8, 4) is 0 Å². The molecule has 0 saturated carbocycles. The summed E-state index contributed by atoms with van der Waals surface area (Å²) in [5.41, 5.74) is 1.02. The Morgan fingerprint density at radius 2 is 1.84 bits per heavy atom. The minimum absolute atomic E-state index is 0.135. The summed E-state index contributed by atoms with van der Waals surface area (Å²) in [5.74, 6) is 0. The van der Waals surface area contributed by atoms with Gasteiger partial charge in [0.05, 0.1) is 17.6 Å². The molecule has 0 bridgehead atoms. The number of ether oxygens (including phenoxy) is 1. The van der Waals surface area contributed by atoms with Gasteiger partial charge in [-0.1, -0.05) is 17.7 Å². The first-order valence-corrected chi connectivity index (χ1v) is 7.94. The Kier molecular flexibility index (Phi) is 6.48. The molecule has 0 aliphatic carbocycles. The van der Waals surface area contributed by atoms with Gasteiger partial charge in [0, 0.05) is 6.61 Å². The van der Waals surface area contributed by atoms with Crippen LogP contribution in [-0.2, 0) is 19.0 Å². The first-order valence-electron chi connectivity index (χ1n) is 6.53. The van der Waals surface area contributed by atoms with Crippen LogP contribution in [-0.4, -0.2) is 27.7 Å². The van der Waals surface area contributed by atoms with E-state index in [1.807, 2.05) is 20.8 Å². The molecule has 0 saturated heterocycles. The van der Waals surface area contributed by atoms with E-state index in [0.29, 0.717) is 13.0 Å². The maximum atomic E-state index is 11.9. The molecule has 5 heteroatoms. The summed E-state index contributed by atoms with van der Waals surface area (Å²) in [6, 6.07) is 6.64. The molecular formula is C14H22O4S. The predicted octanol–water partition coefficient (Wildman–Crippen LogP) is 2.91. The quantitative estimate of drug-likeness (QED) is 0.544. The molecule has 0 fully saturated rings. The maximum absolute atomic E-state index is 11.9. The van der Waals surface area contributed by atoms with Crippen molar-refractivity contribution in [2.24, 2.45) is 0 Å². The lowest BCUT2D eigenvalue weighted by Crippen LogP contribution is -2.11. The lowest BCUT2D eigenvalue weighted by molar-refractivity contribution is 0.0659. The number of benzene rings is 1. The van der Waals surface area contributed by atoms with Crippen LogP contribution < -0.4 is 0 Å². The molecule has 0 heterocycles. The van der Waals surface area contributed by atoms with E-state index in [2.05, 4.69) is 0 Å². The van der Waals surface area contributed by atoms with Crippen LogP contribution in [0.15, 0.2) is 29.2 Å². The van der Waals surface area contributed by atoms with Crippen molar-refractivity contribution < 1.29 is 17.3 Å². The zero-order chi connectivity index (χ0) is 14.3. The van der Waals surface area contributed by atoms with Gasteiger partial charge >= 0.3 is 0 Å². The standard InChI is InChI=1S/C14H22O4S/c1-4-17-13(3)6-5-11-18-19(15,16)14-9-7-12(2)8-10-14/h7-10,13H,4-6,11H2,1-3H3. The largest absolute Gasteiger partial charge is 0.379 e. The SMILES string of the molecule is CCOC(C)CCCOS(=O)(=O)c1ccc(C)cc1. The second kappa shape index (κ2) is 7.62. The minimum Gasteiger partial charge on any atom is -0.379 e. The molecule has 0 amide bonds. The highest BCUT2D eigenvalue weighted by molar-refractivity contribution is 7.86. The van der Waals surface area contributed by atoms with Crippen molar-refractivity contribution in [1.29, 1.82) is 0 Å². The Balaban J connectivity index is 2.41. The van der Waals surface area contributed by atoms with Crippen LogP contribution in [0.25, 0.3) is 0 Å². The third kappa shape index (κ3) is 5.72. The highest BCUT2D eigenvalue weighted by atomic mass is 32.2. The highest BCUT2D eigenvalue weighted by Gasteiger charge is 2.14. The maximum Gasteiger partial charge on any atom is 0.296 e. The fourth-order valence-electron chi connectivity index (χ4n) is 1.68. The molecule has 0 aliphatic heterocycles. The molecule has 1 rings (SSSR count). The Morgan fingerprint density at radius 1 is 1.21 bits per heavy atom. The number of rotatable bonds is 8. The summed E-state index contributed by atoms with van der Waals surface area (Å²) >= 11 is 0. The predicted molar refractivity (Wildman–Crippen MR) is 74.6 cm³/mol. The monoisotopic (exact) mass is 286 g/mol. The Bertz CT molecular complexity index is 465. The molecular weight excluding hydrogens is 264 g/mol. The van der Waals surface area contributed by atoms with Crippen LogP contribution in [0.1, 0.15) is 32.3 Å². The van der Waals surface area contributed by atoms with Gasteiger partial charge in [-0.2, -0.15) is 8.42 Å². The molecule has 1 aromatic carbocycles. The average Bonchev–Trinajstić information content (AvgIpc) is 2.36. The van der Waals surface area contributed by atoms with Crippen molar-refractivity contribution >= 4 is 10.1 Å². The smallest absolute Gasteiger partial charge is 0.296 e. The zero-order valence-corrected chi connectivity index (χ0v) is 12.6. The molecule has 0 aliphatic rings. The van der Waals surface area contributed by atoms with Crippen molar-refractivity contribution in [1.82, 2.24) is 0 Å². The molecule has 108 valence electrons. The number of aryl methyl sites for hydroxylation is 1. The normalized spacial score (nSPS) is 13.4. The van der Waals surface area contributed by atoms with E-state index in [1.54, 1.807) is 24.3 Å². The molecule has 0 spiro atoms. The summed E-state index contributed by atoms with van der Waals surface area (Å²) in [5, 5.41) is 0. The van der Waals surface area contributed by atoms with Gasteiger partial charge in [-0.3, -0.25) is 4.18 Å². The Labute approximate surface area is 115 Å². The van der Waals surface area contributed by atoms with E-state index in [9.17, 15) is 8.42 Å². The second-order valence-corrected chi connectivity index (χ2v) is 6.11. The fourth-order valence-corrected chi connectivity index (χ4v) is 2.62. The second-order valence-electron chi connectivity index (χ2n) is 4.50. The minimum atomic E-state index is -3.63. The van der Waals surface area contributed by atoms with Gasteiger partial charge in [0.15, 0.2) is 0 Å². The lowest BCUT2D eigenvalue weighted by Gasteiger charge is -2.11. The van der Waals surface area contributed by atoms with Gasteiger partial charge in [-0.25, -0.2) is 0 Å². The number of hydrogen-bond acceptors (Lipinski definition) is 4. The zero-order valence-electron chi connectivity index (χ0n) is 11.8. The summed E-state index contributed by atoms with van der Waals surface area (Å²) < 4.78 is 34.1. The van der Waals surface area contributed by atoms with Crippen LogP contribution in [0.3, 0.4) is 0 Å². The Morgan fingerprint density at radius 3 is 2.42 bits per heavy atom. The van der Waals surface area contributed by atoms with Gasteiger partial charge in [0.1, 0.15) is 0 Å². The van der Waals surface area contributed by atoms with Crippen molar-refractivity contribution in [3.63, 3.8) is 0 Å². The molecule has 1 atom stereocenters. The third-order valence-corrected chi connectivity index (χ3v) is 4.08. The fraction of sp³-hybridized carbons (Fsp3) is 0.571. The number of hydrogen-bond donors (Lipinski definition) is 0. The molecule has 4 nitrogen and oxygen atoms in total. The van der Waals surface area contributed by atoms with Gasteiger partial charge in [0.25, 0.3) is 10.1 Å². The van der Waals surface area contributed by atoms with Crippen LogP contribution in [0, 0.1) is 6.92 Å². The van der Waals surface area contributed by atoms with Crippen molar-refractivity contribution in [2.45, 2.75) is 44.6 Å². The Hall–Kier alpha value is -0.910. The highest BCUT2D eigenvalue weighted by Crippen LogP contribution is 2.14. The van der Waals surface area contributed by atoms with E-state index < -0.39 is 10.1 Å². The molecule has 1 unspecified atom stereocenters. The van der Waals surface area contributed by atoms with E-state index in [0.717, 1.165) is 12.0 Å². The summed E-state index contributed by atoms with van der Waals surface area (Å²) in [4.78, 5) is 0.205. The summed E-state index contributed by atoms with van der Waals surface area (Å²) in [7, 11) is -3.63.